The van der Waals surface area contributed by atoms with Gasteiger partial charge in [0.25, 0.3) is 0 Å². The van der Waals surface area contributed by atoms with Crippen LogP contribution < -0.4 is 35.6 Å². The molecule has 0 saturated heterocycles. The number of fused-ring (bicyclic) bond motifs is 3. The Balaban J connectivity index is 2.09. The fourth-order valence-electron chi connectivity index (χ4n) is 4.54. The summed E-state index contributed by atoms with van der Waals surface area (Å²) in [6.07, 6.45) is 1.87. The van der Waals surface area contributed by atoms with E-state index in [2.05, 4.69) is 16.0 Å². The Kier molecular flexibility index (Phi) is 9.73. The van der Waals surface area contributed by atoms with E-state index in [1.54, 1.807) is 27.4 Å². The van der Waals surface area contributed by atoms with Gasteiger partial charge in [0, 0.05) is 32.7 Å². The maximum absolute atomic E-state index is 13.2. The zero-order valence-electron chi connectivity index (χ0n) is 22.0. The van der Waals surface area contributed by atoms with Gasteiger partial charge in [-0.1, -0.05) is 6.07 Å². The molecule has 10 nitrogen and oxygen atoms in total. The van der Waals surface area contributed by atoms with E-state index in [9.17, 15) is 14.4 Å². The summed E-state index contributed by atoms with van der Waals surface area (Å²) in [6, 6.07) is 6.46. The summed E-state index contributed by atoms with van der Waals surface area (Å²) in [7, 11) is 6.25. The van der Waals surface area contributed by atoms with E-state index in [0.29, 0.717) is 55.2 Å². The van der Waals surface area contributed by atoms with Gasteiger partial charge in [-0.05, 0) is 54.2 Å². The molecular formula is C27H35N3O7. The van der Waals surface area contributed by atoms with Crippen molar-refractivity contribution in [2.24, 2.45) is 0 Å². The summed E-state index contributed by atoms with van der Waals surface area (Å²) in [5.41, 5.74) is 3.04. The summed E-state index contributed by atoms with van der Waals surface area (Å²) >= 11 is 0. The van der Waals surface area contributed by atoms with Crippen LogP contribution in [-0.4, -0.2) is 59.9 Å². The van der Waals surface area contributed by atoms with E-state index < -0.39 is 6.04 Å². The van der Waals surface area contributed by atoms with Gasteiger partial charge in [-0.15, -0.1) is 0 Å². The minimum absolute atomic E-state index is 0.0586. The van der Waals surface area contributed by atoms with Gasteiger partial charge in [-0.2, -0.15) is 0 Å². The van der Waals surface area contributed by atoms with Gasteiger partial charge in [0.2, 0.25) is 23.0 Å². The number of rotatable bonds is 11. The van der Waals surface area contributed by atoms with Gasteiger partial charge >= 0.3 is 0 Å². The number of methoxy groups -OCH3 is 4. The van der Waals surface area contributed by atoms with E-state index in [4.69, 9.17) is 18.9 Å². The van der Waals surface area contributed by atoms with Crippen molar-refractivity contribution in [2.45, 2.75) is 32.2 Å². The highest BCUT2D eigenvalue weighted by atomic mass is 16.5. The molecule has 0 aromatic heterocycles. The summed E-state index contributed by atoms with van der Waals surface area (Å²) < 4.78 is 21.9. The molecule has 200 valence electrons. The number of carbonyl (C=O) groups is 2. The average Bonchev–Trinajstić information content (AvgIpc) is 3.12. The van der Waals surface area contributed by atoms with Gasteiger partial charge in [0.15, 0.2) is 11.5 Å². The van der Waals surface area contributed by atoms with Crippen molar-refractivity contribution in [3.8, 4) is 28.4 Å². The van der Waals surface area contributed by atoms with Gasteiger partial charge in [0.05, 0.1) is 39.6 Å². The first-order valence-electron chi connectivity index (χ1n) is 12.1. The van der Waals surface area contributed by atoms with Crippen molar-refractivity contribution >= 4 is 17.5 Å². The van der Waals surface area contributed by atoms with Crippen LogP contribution in [0, 0.1) is 0 Å². The molecule has 0 spiro atoms. The summed E-state index contributed by atoms with van der Waals surface area (Å²) in [4.78, 5) is 37.5. The molecule has 2 aromatic rings. The lowest BCUT2D eigenvalue weighted by Crippen LogP contribution is -2.31. The lowest BCUT2D eigenvalue weighted by molar-refractivity contribution is -0.120. The Morgan fingerprint density at radius 3 is 2.43 bits per heavy atom. The highest BCUT2D eigenvalue weighted by molar-refractivity contribution is 5.84. The number of hydrogen-bond donors (Lipinski definition) is 3. The smallest absolute Gasteiger partial charge is 0.239 e. The predicted molar refractivity (Wildman–Crippen MR) is 141 cm³/mol. The number of hydrogen-bond acceptors (Lipinski definition) is 8. The zero-order valence-corrected chi connectivity index (χ0v) is 22.0. The number of ether oxygens (including phenoxy) is 4. The Morgan fingerprint density at radius 2 is 1.78 bits per heavy atom. The lowest BCUT2D eigenvalue weighted by atomic mass is 9.95. The predicted octanol–water partition coefficient (Wildman–Crippen LogP) is 2.43. The largest absolute Gasteiger partial charge is 0.493 e. The normalized spacial score (nSPS) is 13.9. The minimum Gasteiger partial charge on any atom is -0.493 e. The molecule has 3 N–H and O–H groups in total. The molecular weight excluding hydrogens is 478 g/mol. The molecule has 10 heteroatoms. The number of amides is 2. The number of carbonyl (C=O) groups excluding carboxylic acids is 2. The molecule has 0 fully saturated rings. The van der Waals surface area contributed by atoms with Crippen molar-refractivity contribution in [3.63, 3.8) is 0 Å². The van der Waals surface area contributed by atoms with Crippen molar-refractivity contribution < 1.29 is 28.5 Å². The number of benzene rings is 1. The van der Waals surface area contributed by atoms with Crippen molar-refractivity contribution in [3.05, 3.63) is 45.6 Å². The molecule has 1 aliphatic rings. The molecule has 0 aliphatic heterocycles. The van der Waals surface area contributed by atoms with Crippen LogP contribution in [-0.2, 0) is 20.7 Å². The molecule has 1 aliphatic carbocycles. The Labute approximate surface area is 216 Å². The van der Waals surface area contributed by atoms with E-state index in [0.717, 1.165) is 16.7 Å². The quantitative estimate of drug-likeness (QED) is 0.392. The van der Waals surface area contributed by atoms with E-state index in [1.165, 1.54) is 20.1 Å². The Hall–Kier alpha value is -3.79. The zero-order chi connectivity index (χ0) is 26.9. The monoisotopic (exact) mass is 513 g/mol. The summed E-state index contributed by atoms with van der Waals surface area (Å²) in [5.74, 6) is 1.01. The van der Waals surface area contributed by atoms with Crippen LogP contribution in [0.4, 0.5) is 5.69 Å². The second-order valence-electron chi connectivity index (χ2n) is 8.65. The van der Waals surface area contributed by atoms with E-state index in [-0.39, 0.29) is 29.5 Å². The molecule has 3 rings (SSSR count). The first-order valence-corrected chi connectivity index (χ1v) is 12.1. The van der Waals surface area contributed by atoms with Crippen LogP contribution >= 0.6 is 0 Å². The van der Waals surface area contributed by atoms with Gasteiger partial charge in [-0.25, -0.2) is 0 Å². The average molecular weight is 514 g/mol. The van der Waals surface area contributed by atoms with Gasteiger partial charge in [0.1, 0.15) is 0 Å². The molecule has 0 bridgehead atoms. The van der Waals surface area contributed by atoms with E-state index in [1.807, 2.05) is 12.1 Å². The third kappa shape index (κ3) is 6.51. The lowest BCUT2D eigenvalue weighted by Gasteiger charge is -2.19. The third-order valence-corrected chi connectivity index (χ3v) is 6.20. The first-order chi connectivity index (χ1) is 17.8. The first kappa shape index (κ1) is 27.8. The Morgan fingerprint density at radius 1 is 1.03 bits per heavy atom. The summed E-state index contributed by atoms with van der Waals surface area (Å²) in [6.45, 7) is 2.42. The highest BCUT2D eigenvalue weighted by Crippen LogP contribution is 2.50. The highest BCUT2D eigenvalue weighted by Gasteiger charge is 2.29. The van der Waals surface area contributed by atoms with Gasteiger partial charge in [-0.3, -0.25) is 14.4 Å². The van der Waals surface area contributed by atoms with Crippen LogP contribution in [0.15, 0.2) is 29.1 Å². The van der Waals surface area contributed by atoms with Gasteiger partial charge < -0.3 is 34.9 Å². The van der Waals surface area contributed by atoms with Crippen LogP contribution in [0.25, 0.3) is 11.1 Å². The van der Waals surface area contributed by atoms with Crippen molar-refractivity contribution in [2.75, 3.05) is 53.5 Å². The van der Waals surface area contributed by atoms with E-state index >= 15 is 0 Å². The maximum atomic E-state index is 13.2. The second-order valence-corrected chi connectivity index (χ2v) is 8.65. The molecule has 0 heterocycles. The number of aryl methyl sites for hydroxylation is 1. The minimum atomic E-state index is -0.404. The number of anilines is 1. The van der Waals surface area contributed by atoms with Crippen LogP contribution in [0.1, 0.15) is 36.9 Å². The molecule has 2 amide bonds. The molecule has 1 atom stereocenters. The molecule has 0 saturated carbocycles. The SMILES string of the molecule is COCCCNC(=O)CNc1ccc2c(cc1=O)C(NC(C)=O)CCc1cc(OC)c(OC)c(OC)c1-2. The van der Waals surface area contributed by atoms with Crippen LogP contribution in [0.3, 0.4) is 0 Å². The fraction of sp³-hybridized carbons (Fsp3) is 0.444. The molecule has 2 aromatic carbocycles. The topological polar surface area (TPSA) is 124 Å². The van der Waals surface area contributed by atoms with Crippen LogP contribution in [0.5, 0.6) is 17.2 Å². The Bertz CT molecular complexity index is 1200. The molecule has 37 heavy (non-hydrogen) atoms. The van der Waals surface area contributed by atoms with Crippen molar-refractivity contribution in [1.82, 2.24) is 10.6 Å². The third-order valence-electron chi connectivity index (χ3n) is 6.20. The molecule has 0 radical (unpaired) electrons. The molecule has 1 unspecified atom stereocenters. The van der Waals surface area contributed by atoms with Crippen molar-refractivity contribution in [1.29, 1.82) is 0 Å². The second kappa shape index (κ2) is 13.0. The van der Waals surface area contributed by atoms with Crippen LogP contribution in [0.2, 0.25) is 0 Å². The maximum Gasteiger partial charge on any atom is 0.239 e. The number of nitrogens with one attached hydrogen (secondary N) is 3. The fourth-order valence-corrected chi connectivity index (χ4v) is 4.54. The standard InChI is InChI=1S/C27H35N3O7/c1-16(31)30-20-9-7-17-13-23(35-3)26(36-4)27(37-5)25(17)18-8-10-21(22(32)14-19(18)20)29-15-24(33)28-11-6-12-34-2/h8,10,13-14,20H,6-7,9,11-12,15H2,1-5H3,(H,28,33)(H,29,32)(H,30,31). The summed E-state index contributed by atoms with van der Waals surface area (Å²) in [5, 5.41) is 8.70.